The number of nitrogens with two attached hydrogens (primary N) is 1. The zero-order valence-electron chi connectivity index (χ0n) is 16.8. The Morgan fingerprint density at radius 3 is 2.56 bits per heavy atom. The smallest absolute Gasteiger partial charge is 0.321 e. The van der Waals surface area contributed by atoms with Gasteiger partial charge in [0.1, 0.15) is 5.82 Å². The number of benzene rings is 2. The van der Waals surface area contributed by atoms with E-state index < -0.39 is 17.9 Å². The van der Waals surface area contributed by atoms with E-state index >= 15 is 0 Å². The van der Waals surface area contributed by atoms with Gasteiger partial charge in [-0.2, -0.15) is 0 Å². The predicted octanol–water partition coefficient (Wildman–Crippen LogP) is 2.02. The lowest BCUT2D eigenvalue weighted by Gasteiger charge is -2.25. The van der Waals surface area contributed by atoms with Gasteiger partial charge in [-0.3, -0.25) is 14.9 Å². The summed E-state index contributed by atoms with van der Waals surface area (Å²) in [5.74, 6) is -0.633. The molecule has 0 unspecified atom stereocenters. The second-order valence-electron chi connectivity index (χ2n) is 7.23. The molecule has 1 atom stereocenters. The van der Waals surface area contributed by atoms with Gasteiger partial charge in [0, 0.05) is 36.6 Å². The number of hydrogen-bond acceptors (Lipinski definition) is 6. The molecule has 9 nitrogen and oxygen atoms in total. The molecule has 0 aliphatic carbocycles. The van der Waals surface area contributed by atoms with E-state index in [1.165, 1.54) is 17.0 Å². The molecule has 2 aromatic carbocycles. The van der Waals surface area contributed by atoms with Gasteiger partial charge in [-0.1, -0.05) is 30.3 Å². The van der Waals surface area contributed by atoms with E-state index in [2.05, 4.69) is 15.3 Å². The predicted molar refractivity (Wildman–Crippen MR) is 113 cm³/mol. The minimum atomic E-state index is -0.698. The largest absolute Gasteiger partial charge is 0.368 e. The van der Waals surface area contributed by atoms with Gasteiger partial charge in [-0.25, -0.2) is 19.2 Å². The number of imide groups is 1. The van der Waals surface area contributed by atoms with Crippen molar-refractivity contribution < 1.29 is 18.8 Å². The molecule has 3 aromatic rings. The Balaban J connectivity index is 1.57. The summed E-state index contributed by atoms with van der Waals surface area (Å²) in [6.45, 7) is 0.425. The molecule has 32 heavy (non-hydrogen) atoms. The lowest BCUT2D eigenvalue weighted by Crippen LogP contribution is -2.42. The van der Waals surface area contributed by atoms with Gasteiger partial charge in [0.25, 0.3) is 5.91 Å². The molecule has 0 bridgehead atoms. The highest BCUT2D eigenvalue weighted by molar-refractivity contribution is 5.98. The van der Waals surface area contributed by atoms with E-state index in [4.69, 9.17) is 5.73 Å². The lowest BCUT2D eigenvalue weighted by molar-refractivity contribution is -0.108. The van der Waals surface area contributed by atoms with Crippen LogP contribution < -0.4 is 16.4 Å². The fourth-order valence-corrected chi connectivity index (χ4v) is 3.58. The molecule has 4 rings (SSSR count). The summed E-state index contributed by atoms with van der Waals surface area (Å²) >= 11 is 0. The van der Waals surface area contributed by atoms with Crippen LogP contribution in [0.4, 0.5) is 15.1 Å². The van der Waals surface area contributed by atoms with Crippen LogP contribution in [0.2, 0.25) is 0 Å². The maximum Gasteiger partial charge on any atom is 0.321 e. The number of halogens is 1. The van der Waals surface area contributed by atoms with Crippen molar-refractivity contribution in [3.63, 3.8) is 0 Å². The van der Waals surface area contributed by atoms with Gasteiger partial charge in [0.05, 0.1) is 6.04 Å². The summed E-state index contributed by atoms with van der Waals surface area (Å²) in [7, 11) is 0. The molecule has 1 aromatic heterocycles. The highest BCUT2D eigenvalue weighted by atomic mass is 19.1. The first-order valence-corrected chi connectivity index (χ1v) is 9.71. The summed E-state index contributed by atoms with van der Waals surface area (Å²) in [5, 5.41) is 4.73. The fraction of sp³-hybridized carbons (Fsp3) is 0.136. The Morgan fingerprint density at radius 1 is 1.16 bits per heavy atom. The number of amides is 4. The Bertz CT molecular complexity index is 1170. The minimum absolute atomic E-state index is 0.131. The number of fused-ring (bicyclic) bond motifs is 1. The number of nitrogens with one attached hydrogen (secondary N) is 2. The highest BCUT2D eigenvalue weighted by Crippen LogP contribution is 2.27. The Kier molecular flexibility index (Phi) is 5.75. The molecule has 0 saturated carbocycles. The first-order valence-electron chi connectivity index (χ1n) is 9.71. The van der Waals surface area contributed by atoms with Gasteiger partial charge < -0.3 is 16.0 Å². The first-order chi connectivity index (χ1) is 15.4. The average molecular weight is 434 g/mol. The third-order valence-electron chi connectivity index (χ3n) is 5.17. The topological polar surface area (TPSA) is 130 Å². The zero-order chi connectivity index (χ0) is 22.7. The number of hydrogen-bond donors (Lipinski definition) is 3. The van der Waals surface area contributed by atoms with Crippen molar-refractivity contribution in [3.8, 4) is 11.1 Å². The second kappa shape index (κ2) is 8.80. The summed E-state index contributed by atoms with van der Waals surface area (Å²) in [5.41, 5.74) is 8.85. The van der Waals surface area contributed by atoms with Crippen LogP contribution in [0.3, 0.4) is 0 Å². The minimum Gasteiger partial charge on any atom is -0.368 e. The Hall–Kier alpha value is -4.34. The average Bonchev–Trinajstić information content (AvgIpc) is 3.09. The van der Waals surface area contributed by atoms with Crippen LogP contribution in [-0.2, 0) is 11.3 Å². The molecule has 10 heteroatoms. The summed E-state index contributed by atoms with van der Waals surface area (Å²) < 4.78 is 13.6. The van der Waals surface area contributed by atoms with Crippen LogP contribution >= 0.6 is 0 Å². The number of nitrogens with zero attached hydrogens (tertiary/aromatic N) is 3. The van der Waals surface area contributed by atoms with Crippen LogP contribution in [-0.4, -0.2) is 39.8 Å². The number of carbonyl (C=O) groups excluding carboxylic acids is 3. The van der Waals surface area contributed by atoms with Crippen LogP contribution in [0.15, 0.2) is 54.9 Å². The number of anilines is 1. The molecule has 1 aliphatic heterocycles. The zero-order valence-corrected chi connectivity index (χ0v) is 16.8. The molecule has 0 saturated heterocycles. The van der Waals surface area contributed by atoms with E-state index in [1.54, 1.807) is 30.6 Å². The number of rotatable bonds is 6. The molecule has 162 valence electrons. The summed E-state index contributed by atoms with van der Waals surface area (Å²) in [6.07, 6.45) is 3.48. The standard InChI is InChI=1S/C22H19FN6O3/c23-17-6-5-15-10-29(20(31)18(15)7-17)11-19(28-22(32)27-12-30)14-3-1-13(2-4-14)16-8-25-21(24)26-9-16/h1-9,12,19H,10-11H2,(H2,24,25,26)(H2,27,28,30,32)/t19-/m0/s1. The number of carbonyl (C=O) groups is 3. The van der Waals surface area contributed by atoms with Gasteiger partial charge >= 0.3 is 6.03 Å². The first kappa shape index (κ1) is 20.9. The van der Waals surface area contributed by atoms with Crippen LogP contribution in [0.1, 0.15) is 27.5 Å². The van der Waals surface area contributed by atoms with Crippen molar-refractivity contribution in [2.24, 2.45) is 0 Å². The number of urea groups is 1. The van der Waals surface area contributed by atoms with Crippen molar-refractivity contribution >= 4 is 24.3 Å². The molecular formula is C22H19FN6O3. The number of nitrogen functional groups attached to an aromatic ring is 1. The molecule has 1 aliphatic rings. The molecule has 2 heterocycles. The third kappa shape index (κ3) is 4.38. The third-order valence-corrected chi connectivity index (χ3v) is 5.17. The molecular weight excluding hydrogens is 415 g/mol. The quantitative estimate of drug-likeness (QED) is 0.509. The van der Waals surface area contributed by atoms with E-state index in [0.29, 0.717) is 23.2 Å². The highest BCUT2D eigenvalue weighted by Gasteiger charge is 2.30. The Labute approximate surface area is 182 Å². The molecule has 0 radical (unpaired) electrons. The fourth-order valence-electron chi connectivity index (χ4n) is 3.58. The Morgan fingerprint density at radius 2 is 1.88 bits per heavy atom. The molecule has 0 spiro atoms. The SMILES string of the molecule is Nc1ncc(-c2ccc([C@H](CN3Cc4ccc(F)cc4C3=O)NC(=O)NC=O)cc2)cn1. The van der Waals surface area contributed by atoms with Crippen LogP contribution in [0.25, 0.3) is 11.1 Å². The molecule has 4 N–H and O–H groups in total. The van der Waals surface area contributed by atoms with Gasteiger partial charge in [0.2, 0.25) is 12.4 Å². The number of aromatic nitrogens is 2. The van der Waals surface area contributed by atoms with Gasteiger partial charge in [0.15, 0.2) is 0 Å². The van der Waals surface area contributed by atoms with E-state index in [1.807, 2.05) is 17.4 Å². The van der Waals surface area contributed by atoms with Gasteiger partial charge in [-0.15, -0.1) is 0 Å². The molecule has 0 fully saturated rings. The normalized spacial score (nSPS) is 13.4. The lowest BCUT2D eigenvalue weighted by atomic mass is 10.0. The van der Waals surface area contributed by atoms with Crippen LogP contribution in [0.5, 0.6) is 0 Å². The van der Waals surface area contributed by atoms with Crippen molar-refractivity contribution in [1.82, 2.24) is 25.5 Å². The van der Waals surface area contributed by atoms with Gasteiger partial charge in [-0.05, 0) is 28.8 Å². The van der Waals surface area contributed by atoms with Crippen molar-refractivity contribution in [1.29, 1.82) is 0 Å². The summed E-state index contributed by atoms with van der Waals surface area (Å²) in [6, 6.07) is 10.0. The monoisotopic (exact) mass is 434 g/mol. The van der Waals surface area contributed by atoms with Crippen molar-refractivity contribution in [2.75, 3.05) is 12.3 Å². The molecule has 4 amide bonds. The van der Waals surface area contributed by atoms with E-state index in [9.17, 15) is 18.8 Å². The van der Waals surface area contributed by atoms with E-state index in [-0.39, 0.29) is 24.8 Å². The van der Waals surface area contributed by atoms with Crippen molar-refractivity contribution in [3.05, 3.63) is 77.4 Å². The van der Waals surface area contributed by atoms with E-state index in [0.717, 1.165) is 11.1 Å². The maximum atomic E-state index is 13.6. The summed E-state index contributed by atoms with van der Waals surface area (Å²) in [4.78, 5) is 44.9. The van der Waals surface area contributed by atoms with Crippen molar-refractivity contribution in [2.45, 2.75) is 12.6 Å². The second-order valence-corrected chi connectivity index (χ2v) is 7.23. The maximum absolute atomic E-state index is 13.6. The van der Waals surface area contributed by atoms with Crippen LogP contribution in [0, 0.1) is 5.82 Å².